The molecule has 0 saturated heterocycles. The first kappa shape index (κ1) is 8.25. The Morgan fingerprint density at radius 3 is 2.92 bits per heavy atom. The zero-order valence-electron chi connectivity index (χ0n) is 7.48. The Balaban J connectivity index is 2.14. The SMILES string of the molecule is Cc1csc(Nc2ccn(C)n2)n1. The van der Waals surface area contributed by atoms with Gasteiger partial charge in [-0.1, -0.05) is 0 Å². The molecular weight excluding hydrogens is 184 g/mol. The first-order chi connectivity index (χ1) is 6.24. The van der Waals surface area contributed by atoms with Crippen LogP contribution >= 0.6 is 11.3 Å². The standard InChI is InChI=1S/C8H10N4S/c1-6-5-13-8(9-6)10-7-3-4-12(2)11-7/h3-5H,1-2H3,(H,9,10,11). The number of nitrogens with one attached hydrogen (secondary N) is 1. The summed E-state index contributed by atoms with van der Waals surface area (Å²) in [5.74, 6) is 0.830. The number of aromatic nitrogens is 3. The minimum atomic E-state index is 0.830. The predicted molar refractivity (Wildman–Crippen MR) is 53.3 cm³/mol. The number of anilines is 2. The van der Waals surface area contributed by atoms with Crippen molar-refractivity contribution in [3.8, 4) is 0 Å². The summed E-state index contributed by atoms with van der Waals surface area (Å²) in [6.45, 7) is 1.97. The number of thiazole rings is 1. The van der Waals surface area contributed by atoms with Crippen molar-refractivity contribution in [2.45, 2.75) is 6.92 Å². The van der Waals surface area contributed by atoms with Gasteiger partial charge in [-0.05, 0) is 6.92 Å². The van der Waals surface area contributed by atoms with Gasteiger partial charge in [-0.3, -0.25) is 4.68 Å². The third-order valence-corrected chi connectivity index (χ3v) is 2.44. The van der Waals surface area contributed by atoms with Gasteiger partial charge in [0.25, 0.3) is 0 Å². The molecule has 0 aliphatic heterocycles. The van der Waals surface area contributed by atoms with Crippen LogP contribution in [0.1, 0.15) is 5.69 Å². The molecule has 0 amide bonds. The Morgan fingerprint density at radius 1 is 1.54 bits per heavy atom. The van der Waals surface area contributed by atoms with Gasteiger partial charge in [0.05, 0.1) is 5.69 Å². The molecule has 1 N–H and O–H groups in total. The van der Waals surface area contributed by atoms with Crippen molar-refractivity contribution in [2.24, 2.45) is 7.05 Å². The smallest absolute Gasteiger partial charge is 0.188 e. The molecule has 0 saturated carbocycles. The van der Waals surface area contributed by atoms with E-state index in [1.807, 2.05) is 31.6 Å². The molecule has 5 heteroatoms. The summed E-state index contributed by atoms with van der Waals surface area (Å²) in [5, 5.41) is 10.2. The van der Waals surface area contributed by atoms with Gasteiger partial charge in [0.15, 0.2) is 10.9 Å². The maximum atomic E-state index is 4.27. The van der Waals surface area contributed by atoms with Crippen molar-refractivity contribution in [3.05, 3.63) is 23.3 Å². The number of aryl methyl sites for hydroxylation is 2. The fraction of sp³-hybridized carbons (Fsp3) is 0.250. The monoisotopic (exact) mass is 194 g/mol. The molecule has 0 atom stereocenters. The second-order valence-corrected chi connectivity index (χ2v) is 3.65. The second-order valence-electron chi connectivity index (χ2n) is 2.79. The fourth-order valence-corrected chi connectivity index (χ4v) is 1.70. The van der Waals surface area contributed by atoms with E-state index in [1.165, 1.54) is 0 Å². The Kier molecular flexibility index (Phi) is 2.02. The van der Waals surface area contributed by atoms with Crippen LogP contribution in [-0.2, 0) is 7.05 Å². The minimum absolute atomic E-state index is 0.830. The van der Waals surface area contributed by atoms with E-state index in [4.69, 9.17) is 0 Å². The molecule has 0 aliphatic rings. The normalized spacial score (nSPS) is 10.3. The van der Waals surface area contributed by atoms with Crippen LogP contribution in [0.2, 0.25) is 0 Å². The van der Waals surface area contributed by atoms with E-state index in [9.17, 15) is 0 Å². The third-order valence-electron chi connectivity index (χ3n) is 1.57. The van der Waals surface area contributed by atoms with E-state index in [-0.39, 0.29) is 0 Å². The Labute approximate surface area is 80.2 Å². The van der Waals surface area contributed by atoms with Crippen LogP contribution in [-0.4, -0.2) is 14.8 Å². The van der Waals surface area contributed by atoms with Crippen LogP contribution in [0.3, 0.4) is 0 Å². The van der Waals surface area contributed by atoms with Crippen molar-refractivity contribution < 1.29 is 0 Å². The number of rotatable bonds is 2. The molecular formula is C8H10N4S. The lowest BCUT2D eigenvalue weighted by Crippen LogP contribution is -1.93. The highest BCUT2D eigenvalue weighted by molar-refractivity contribution is 7.13. The number of hydrogen-bond donors (Lipinski definition) is 1. The summed E-state index contributed by atoms with van der Waals surface area (Å²) in [7, 11) is 1.89. The molecule has 0 bridgehead atoms. The Hall–Kier alpha value is -1.36. The van der Waals surface area contributed by atoms with E-state index in [0.29, 0.717) is 0 Å². The van der Waals surface area contributed by atoms with Crippen LogP contribution in [0.25, 0.3) is 0 Å². The van der Waals surface area contributed by atoms with Gasteiger partial charge in [0, 0.05) is 24.7 Å². The van der Waals surface area contributed by atoms with Crippen molar-refractivity contribution >= 4 is 22.3 Å². The van der Waals surface area contributed by atoms with Crippen LogP contribution in [0.15, 0.2) is 17.6 Å². The van der Waals surface area contributed by atoms with E-state index < -0.39 is 0 Å². The summed E-state index contributed by atoms with van der Waals surface area (Å²) in [4.78, 5) is 4.27. The molecule has 0 spiro atoms. The predicted octanol–water partition coefficient (Wildman–Crippen LogP) is 1.93. The number of nitrogens with zero attached hydrogens (tertiary/aromatic N) is 3. The van der Waals surface area contributed by atoms with E-state index in [2.05, 4.69) is 15.4 Å². The molecule has 4 nitrogen and oxygen atoms in total. The van der Waals surface area contributed by atoms with Crippen molar-refractivity contribution in [1.82, 2.24) is 14.8 Å². The maximum Gasteiger partial charge on any atom is 0.188 e. The highest BCUT2D eigenvalue weighted by Gasteiger charge is 2.00. The van der Waals surface area contributed by atoms with Gasteiger partial charge >= 0.3 is 0 Å². The molecule has 68 valence electrons. The molecule has 13 heavy (non-hydrogen) atoms. The minimum Gasteiger partial charge on any atom is -0.315 e. The lowest BCUT2D eigenvalue weighted by molar-refractivity contribution is 0.771. The zero-order valence-corrected chi connectivity index (χ0v) is 8.30. The van der Waals surface area contributed by atoms with Gasteiger partial charge in [-0.2, -0.15) is 5.10 Å². The molecule has 2 rings (SSSR count). The Bertz CT molecular complexity index is 365. The zero-order chi connectivity index (χ0) is 9.26. The fourth-order valence-electron chi connectivity index (χ4n) is 1.00. The van der Waals surface area contributed by atoms with Crippen LogP contribution in [0, 0.1) is 6.92 Å². The highest BCUT2D eigenvalue weighted by Crippen LogP contribution is 2.18. The van der Waals surface area contributed by atoms with Gasteiger partial charge in [0.1, 0.15) is 0 Å². The molecule has 0 aromatic carbocycles. The van der Waals surface area contributed by atoms with Gasteiger partial charge < -0.3 is 5.32 Å². The van der Waals surface area contributed by atoms with Crippen LogP contribution < -0.4 is 5.32 Å². The van der Waals surface area contributed by atoms with Crippen molar-refractivity contribution in [1.29, 1.82) is 0 Å². The van der Waals surface area contributed by atoms with Gasteiger partial charge in [0.2, 0.25) is 0 Å². The number of hydrogen-bond acceptors (Lipinski definition) is 4. The largest absolute Gasteiger partial charge is 0.315 e. The molecule has 2 heterocycles. The third kappa shape index (κ3) is 1.86. The average molecular weight is 194 g/mol. The summed E-state index contributed by atoms with van der Waals surface area (Å²) in [5.41, 5.74) is 1.03. The quantitative estimate of drug-likeness (QED) is 0.794. The first-order valence-corrected chi connectivity index (χ1v) is 4.81. The molecule has 0 unspecified atom stereocenters. The lowest BCUT2D eigenvalue weighted by atomic mass is 10.6. The van der Waals surface area contributed by atoms with Crippen molar-refractivity contribution in [2.75, 3.05) is 5.32 Å². The molecule has 2 aromatic heterocycles. The summed E-state index contributed by atoms with van der Waals surface area (Å²) >= 11 is 1.58. The summed E-state index contributed by atoms with van der Waals surface area (Å²) in [6, 6.07) is 1.91. The maximum absolute atomic E-state index is 4.27. The molecule has 0 fully saturated rings. The molecule has 2 aromatic rings. The summed E-state index contributed by atoms with van der Waals surface area (Å²) < 4.78 is 1.75. The molecule has 0 radical (unpaired) electrons. The second kappa shape index (κ2) is 3.18. The lowest BCUT2D eigenvalue weighted by Gasteiger charge is -1.95. The van der Waals surface area contributed by atoms with E-state index in [0.717, 1.165) is 16.6 Å². The Morgan fingerprint density at radius 2 is 2.38 bits per heavy atom. The molecule has 0 aliphatic carbocycles. The van der Waals surface area contributed by atoms with Gasteiger partial charge in [-0.15, -0.1) is 11.3 Å². The van der Waals surface area contributed by atoms with E-state index in [1.54, 1.807) is 16.0 Å². The van der Waals surface area contributed by atoms with Crippen molar-refractivity contribution in [3.63, 3.8) is 0 Å². The topological polar surface area (TPSA) is 42.7 Å². The summed E-state index contributed by atoms with van der Waals surface area (Å²) in [6.07, 6.45) is 1.89. The average Bonchev–Trinajstić information content (AvgIpc) is 2.62. The van der Waals surface area contributed by atoms with E-state index >= 15 is 0 Å². The van der Waals surface area contributed by atoms with Crippen LogP contribution in [0.4, 0.5) is 10.9 Å². The van der Waals surface area contributed by atoms with Gasteiger partial charge in [-0.25, -0.2) is 4.98 Å². The highest BCUT2D eigenvalue weighted by atomic mass is 32.1. The van der Waals surface area contributed by atoms with Crippen LogP contribution in [0.5, 0.6) is 0 Å². The first-order valence-electron chi connectivity index (χ1n) is 3.93.